The summed E-state index contributed by atoms with van der Waals surface area (Å²) >= 11 is 0. The number of hydrogen-bond donors (Lipinski definition) is 1. The number of benzene rings is 2. The molecule has 0 bridgehead atoms. The van der Waals surface area contributed by atoms with Gasteiger partial charge in [-0.2, -0.15) is 0 Å². The van der Waals surface area contributed by atoms with Crippen molar-refractivity contribution in [3.63, 3.8) is 0 Å². The molecule has 0 atom stereocenters. The van der Waals surface area contributed by atoms with Gasteiger partial charge in [-0.05, 0) is 17.2 Å². The lowest BCUT2D eigenvalue weighted by atomic mass is 9.98. The predicted octanol–water partition coefficient (Wildman–Crippen LogP) is 4.79. The molecule has 1 N–H and O–H groups in total. The molecular weight excluding hydrogens is 316 g/mol. The highest BCUT2D eigenvalue weighted by molar-refractivity contribution is 6.90. The molecule has 3 nitrogen and oxygen atoms in total. The fraction of sp³-hybridized carbons (Fsp3) is 0.250. The zero-order valence-electron chi connectivity index (χ0n) is 14.6. The van der Waals surface area contributed by atoms with Gasteiger partial charge in [0.2, 0.25) is 0 Å². The molecule has 0 saturated carbocycles. The van der Waals surface area contributed by atoms with Gasteiger partial charge in [-0.3, -0.25) is 0 Å². The molecule has 24 heavy (non-hydrogen) atoms. The van der Waals surface area contributed by atoms with E-state index in [0.717, 1.165) is 22.8 Å². The van der Waals surface area contributed by atoms with Crippen molar-refractivity contribution in [2.45, 2.75) is 33.0 Å². The van der Waals surface area contributed by atoms with Gasteiger partial charge in [-0.1, -0.05) is 63.5 Å². The van der Waals surface area contributed by atoms with Crippen molar-refractivity contribution in [3.05, 3.63) is 48.0 Å². The number of furan rings is 1. The van der Waals surface area contributed by atoms with Crippen molar-refractivity contribution in [2.24, 2.45) is 0 Å². The van der Waals surface area contributed by atoms with Crippen LogP contribution in [0.3, 0.4) is 0 Å². The Balaban J connectivity index is 2.49. The molecule has 0 unspecified atom stereocenters. The number of carbonyl (C=O) groups is 1. The van der Waals surface area contributed by atoms with Crippen molar-refractivity contribution < 1.29 is 14.3 Å². The van der Waals surface area contributed by atoms with Crippen LogP contribution < -0.4 is 5.19 Å². The van der Waals surface area contributed by atoms with Crippen molar-refractivity contribution >= 4 is 46.7 Å². The van der Waals surface area contributed by atoms with E-state index >= 15 is 0 Å². The van der Waals surface area contributed by atoms with Crippen molar-refractivity contribution in [1.82, 2.24) is 0 Å². The Morgan fingerprint density at radius 1 is 1.17 bits per heavy atom. The van der Waals surface area contributed by atoms with Crippen molar-refractivity contribution in [3.8, 4) is 0 Å². The van der Waals surface area contributed by atoms with E-state index in [1.54, 1.807) is 0 Å². The molecule has 0 spiro atoms. The maximum atomic E-state index is 11.4. The smallest absolute Gasteiger partial charge is 0.335 e. The van der Waals surface area contributed by atoms with Crippen molar-refractivity contribution in [2.75, 3.05) is 0 Å². The second-order valence-corrected chi connectivity index (χ2v) is 12.2. The second-order valence-electron chi connectivity index (χ2n) is 7.15. The predicted molar refractivity (Wildman–Crippen MR) is 103 cm³/mol. The Morgan fingerprint density at radius 2 is 1.88 bits per heavy atom. The Bertz CT molecular complexity index is 974. The summed E-state index contributed by atoms with van der Waals surface area (Å²) in [4.78, 5) is 11.4. The number of hydrogen-bond acceptors (Lipinski definition) is 2. The summed E-state index contributed by atoms with van der Waals surface area (Å²) < 4.78 is 6.27. The zero-order chi connectivity index (χ0) is 17.6. The molecular formula is C20H22O3Si. The highest BCUT2D eigenvalue weighted by Crippen LogP contribution is 2.36. The summed E-state index contributed by atoms with van der Waals surface area (Å²) in [5.74, 6) is -1.02. The van der Waals surface area contributed by atoms with Gasteiger partial charge in [-0.15, -0.1) is 0 Å². The number of carboxylic acids is 1. The van der Waals surface area contributed by atoms with E-state index in [0.29, 0.717) is 11.1 Å². The number of aryl methyl sites for hydroxylation is 1. The molecule has 3 rings (SSSR count). The maximum absolute atomic E-state index is 11.4. The van der Waals surface area contributed by atoms with Gasteiger partial charge in [0, 0.05) is 16.3 Å². The van der Waals surface area contributed by atoms with Crippen LogP contribution in [0.5, 0.6) is 0 Å². The Labute approximate surface area is 142 Å². The average Bonchev–Trinajstić information content (AvgIpc) is 2.91. The lowest BCUT2D eigenvalue weighted by Gasteiger charge is -2.16. The van der Waals surface area contributed by atoms with Gasteiger partial charge in [0.25, 0.3) is 0 Å². The van der Waals surface area contributed by atoms with Crippen LogP contribution in [0.4, 0.5) is 0 Å². The number of para-hydroxylation sites is 1. The van der Waals surface area contributed by atoms with Crippen LogP contribution in [0.25, 0.3) is 27.5 Å². The normalized spacial score (nSPS) is 12.0. The molecule has 124 valence electrons. The minimum absolute atomic E-state index is 0.0660. The van der Waals surface area contributed by atoms with Crippen LogP contribution >= 0.6 is 0 Å². The molecule has 2 aromatic carbocycles. The quantitative estimate of drug-likeness (QED) is 0.549. The van der Waals surface area contributed by atoms with Crippen LogP contribution in [-0.4, -0.2) is 19.1 Å². The topological polar surface area (TPSA) is 50.4 Å². The third-order valence-electron chi connectivity index (χ3n) is 4.50. The van der Waals surface area contributed by atoms with Crippen molar-refractivity contribution in [1.29, 1.82) is 0 Å². The van der Waals surface area contributed by atoms with Gasteiger partial charge in [-0.25, -0.2) is 4.79 Å². The van der Waals surface area contributed by atoms with E-state index in [4.69, 9.17) is 4.42 Å². The summed E-state index contributed by atoms with van der Waals surface area (Å²) in [7, 11) is -1.59. The fourth-order valence-electron chi connectivity index (χ4n) is 3.21. The maximum Gasteiger partial charge on any atom is 0.335 e. The molecule has 0 aliphatic heterocycles. The second kappa shape index (κ2) is 5.63. The van der Waals surface area contributed by atoms with E-state index in [2.05, 4.69) is 51.3 Å². The van der Waals surface area contributed by atoms with E-state index in [-0.39, 0.29) is 5.57 Å². The third kappa shape index (κ3) is 2.47. The number of fused-ring (bicyclic) bond motifs is 3. The average molecular weight is 338 g/mol. The van der Waals surface area contributed by atoms with E-state index in [9.17, 15) is 9.90 Å². The van der Waals surface area contributed by atoms with Gasteiger partial charge in [0.05, 0.1) is 13.6 Å². The number of aliphatic carboxylic acids is 1. The molecule has 1 heterocycles. The summed E-state index contributed by atoms with van der Waals surface area (Å²) in [6.45, 7) is 12.7. The summed E-state index contributed by atoms with van der Waals surface area (Å²) in [5.41, 5.74) is 3.33. The minimum Gasteiger partial charge on any atom is -0.478 e. The Kier molecular flexibility index (Phi) is 3.88. The summed E-state index contributed by atoms with van der Waals surface area (Å²) in [5, 5.41) is 12.7. The van der Waals surface area contributed by atoms with Crippen LogP contribution in [-0.2, 0) is 11.2 Å². The summed E-state index contributed by atoms with van der Waals surface area (Å²) in [6, 6.07) is 10.1. The molecule has 1 aromatic heterocycles. The third-order valence-corrected chi connectivity index (χ3v) is 6.51. The van der Waals surface area contributed by atoms with E-state index in [1.807, 2.05) is 12.1 Å². The van der Waals surface area contributed by atoms with Crippen LogP contribution in [0, 0.1) is 0 Å². The zero-order valence-corrected chi connectivity index (χ0v) is 15.6. The van der Waals surface area contributed by atoms with Gasteiger partial charge in [0.15, 0.2) is 0 Å². The lowest BCUT2D eigenvalue weighted by Crippen LogP contribution is -2.37. The molecule has 0 amide bonds. The fourth-order valence-corrected chi connectivity index (χ4v) is 4.67. The van der Waals surface area contributed by atoms with Crippen LogP contribution in [0.1, 0.15) is 18.1 Å². The number of rotatable bonds is 4. The molecule has 0 fully saturated rings. The SMILES string of the molecule is C=C(C(=O)O)c1ccc(CC)c2c1oc1c([Si](C)(C)C)cccc12. The molecule has 0 saturated heterocycles. The Hall–Kier alpha value is -2.33. The minimum atomic E-state index is -1.59. The van der Waals surface area contributed by atoms with E-state index in [1.165, 1.54) is 10.8 Å². The highest BCUT2D eigenvalue weighted by Gasteiger charge is 2.24. The largest absolute Gasteiger partial charge is 0.478 e. The molecule has 4 heteroatoms. The first-order valence-corrected chi connectivity index (χ1v) is 11.7. The Morgan fingerprint density at radius 3 is 2.46 bits per heavy atom. The van der Waals surface area contributed by atoms with Crippen LogP contribution in [0.2, 0.25) is 19.6 Å². The monoisotopic (exact) mass is 338 g/mol. The summed E-state index contributed by atoms with van der Waals surface area (Å²) in [6.07, 6.45) is 0.863. The highest BCUT2D eigenvalue weighted by atomic mass is 28.3. The van der Waals surface area contributed by atoms with Crippen LogP contribution in [0.15, 0.2) is 41.3 Å². The molecule has 3 aromatic rings. The van der Waals surface area contributed by atoms with E-state index < -0.39 is 14.0 Å². The first kappa shape index (κ1) is 16.5. The molecule has 0 aliphatic carbocycles. The molecule has 0 aliphatic rings. The van der Waals surface area contributed by atoms with Gasteiger partial charge < -0.3 is 9.52 Å². The first-order chi connectivity index (χ1) is 11.3. The van der Waals surface area contributed by atoms with Gasteiger partial charge in [0.1, 0.15) is 11.2 Å². The number of carboxylic acid groups (broad SMARTS) is 1. The van der Waals surface area contributed by atoms with Gasteiger partial charge >= 0.3 is 5.97 Å². The first-order valence-electron chi connectivity index (χ1n) is 8.15. The lowest BCUT2D eigenvalue weighted by molar-refractivity contribution is -0.130. The standard InChI is InChI=1S/C20H22O3Si/c1-6-13-10-11-14(12(2)20(21)22)19-17(13)15-8-7-9-16(18(15)23-19)24(3,4)5/h7-11H,2,6H2,1,3-5H3,(H,21,22). The molecule has 0 radical (unpaired) electrons.